The lowest BCUT2D eigenvalue weighted by atomic mass is 10.1. The zero-order chi connectivity index (χ0) is 18.8. The van der Waals surface area contributed by atoms with E-state index in [9.17, 15) is 9.59 Å². The topological polar surface area (TPSA) is 79.3 Å². The molecule has 0 aliphatic carbocycles. The fourth-order valence-corrected chi connectivity index (χ4v) is 3.07. The molecule has 3 aromatic rings. The molecule has 0 spiro atoms. The standard InChI is InChI=1S/C20H19N5O2/c1-24-13-19(26)23-17-11-15(5-8-18(17)24)20(27)21-12-14-3-6-16(7-4-14)25-10-2-9-22-25/h2-11H,12-13H2,1H3,(H,21,27)(H,23,26). The Hall–Kier alpha value is -3.61. The molecule has 0 atom stereocenters. The Morgan fingerprint density at radius 2 is 2.04 bits per heavy atom. The summed E-state index contributed by atoms with van der Waals surface area (Å²) >= 11 is 0. The zero-order valence-electron chi connectivity index (χ0n) is 14.8. The summed E-state index contributed by atoms with van der Waals surface area (Å²) in [4.78, 5) is 26.0. The van der Waals surface area contributed by atoms with Crippen LogP contribution in [0.25, 0.3) is 5.69 Å². The molecule has 2 aromatic carbocycles. The Balaban J connectivity index is 1.42. The molecule has 0 bridgehead atoms. The van der Waals surface area contributed by atoms with E-state index in [1.165, 1.54) is 0 Å². The van der Waals surface area contributed by atoms with Crippen molar-refractivity contribution in [1.29, 1.82) is 0 Å². The average molecular weight is 361 g/mol. The predicted octanol–water partition coefficient (Wildman–Crippen LogP) is 2.19. The highest BCUT2D eigenvalue weighted by atomic mass is 16.2. The number of hydrogen-bond donors (Lipinski definition) is 2. The SMILES string of the molecule is CN1CC(=O)Nc2cc(C(=O)NCc3ccc(-n4cccn4)cc3)ccc21. The molecule has 0 radical (unpaired) electrons. The van der Waals surface area contributed by atoms with Crippen LogP contribution in [0.3, 0.4) is 0 Å². The Labute approximate surface area is 156 Å². The maximum absolute atomic E-state index is 12.5. The molecular formula is C20H19N5O2. The minimum atomic E-state index is -0.184. The van der Waals surface area contributed by atoms with Crippen LogP contribution in [0, 0.1) is 0 Å². The first-order valence-corrected chi connectivity index (χ1v) is 8.62. The van der Waals surface area contributed by atoms with Crippen LogP contribution in [-0.4, -0.2) is 35.2 Å². The highest BCUT2D eigenvalue weighted by molar-refractivity contribution is 6.03. The third kappa shape index (κ3) is 3.52. The van der Waals surface area contributed by atoms with Gasteiger partial charge in [0.1, 0.15) is 0 Å². The van der Waals surface area contributed by atoms with Crippen molar-refractivity contribution >= 4 is 23.2 Å². The van der Waals surface area contributed by atoms with E-state index in [-0.39, 0.29) is 11.8 Å². The summed E-state index contributed by atoms with van der Waals surface area (Å²) < 4.78 is 1.78. The summed E-state index contributed by atoms with van der Waals surface area (Å²) in [5.41, 5.74) is 4.03. The summed E-state index contributed by atoms with van der Waals surface area (Å²) in [6.45, 7) is 0.731. The number of likely N-dealkylation sites (N-methyl/N-ethyl adjacent to an activating group) is 1. The van der Waals surface area contributed by atoms with E-state index in [1.807, 2.05) is 54.5 Å². The summed E-state index contributed by atoms with van der Waals surface area (Å²) in [6, 6.07) is 15.0. The molecule has 1 aromatic heterocycles. The van der Waals surface area contributed by atoms with Gasteiger partial charge in [-0.3, -0.25) is 9.59 Å². The lowest BCUT2D eigenvalue weighted by molar-refractivity contribution is -0.115. The molecule has 0 saturated carbocycles. The molecule has 136 valence electrons. The maximum atomic E-state index is 12.5. The molecular weight excluding hydrogens is 342 g/mol. The second-order valence-corrected chi connectivity index (χ2v) is 6.44. The Bertz CT molecular complexity index is 980. The first kappa shape index (κ1) is 16.8. The number of carbonyl (C=O) groups excluding carboxylic acids is 2. The second-order valence-electron chi connectivity index (χ2n) is 6.44. The van der Waals surface area contributed by atoms with Crippen LogP contribution in [0.5, 0.6) is 0 Å². The van der Waals surface area contributed by atoms with Crippen molar-refractivity contribution in [2.45, 2.75) is 6.54 Å². The van der Waals surface area contributed by atoms with E-state index >= 15 is 0 Å². The van der Waals surface area contributed by atoms with Gasteiger partial charge in [-0.15, -0.1) is 0 Å². The van der Waals surface area contributed by atoms with Gasteiger partial charge in [0.15, 0.2) is 0 Å². The maximum Gasteiger partial charge on any atom is 0.251 e. The molecule has 4 rings (SSSR count). The number of fused-ring (bicyclic) bond motifs is 1. The number of nitrogens with zero attached hydrogens (tertiary/aromatic N) is 3. The third-order valence-electron chi connectivity index (χ3n) is 4.48. The highest BCUT2D eigenvalue weighted by Gasteiger charge is 2.20. The van der Waals surface area contributed by atoms with Crippen molar-refractivity contribution in [2.24, 2.45) is 0 Å². The van der Waals surface area contributed by atoms with Crippen molar-refractivity contribution in [2.75, 3.05) is 23.8 Å². The van der Waals surface area contributed by atoms with Crippen LogP contribution in [-0.2, 0) is 11.3 Å². The fourth-order valence-electron chi connectivity index (χ4n) is 3.07. The van der Waals surface area contributed by atoms with Crippen LogP contribution < -0.4 is 15.5 Å². The Morgan fingerprint density at radius 1 is 1.22 bits per heavy atom. The summed E-state index contributed by atoms with van der Waals surface area (Å²) in [7, 11) is 1.85. The van der Waals surface area contributed by atoms with E-state index in [1.54, 1.807) is 23.0 Å². The molecule has 0 saturated heterocycles. The lowest BCUT2D eigenvalue weighted by Crippen LogP contribution is -2.35. The molecule has 27 heavy (non-hydrogen) atoms. The van der Waals surface area contributed by atoms with Crippen molar-refractivity contribution in [3.05, 3.63) is 72.1 Å². The average Bonchev–Trinajstić information content (AvgIpc) is 3.20. The molecule has 1 aliphatic heterocycles. The molecule has 1 aliphatic rings. The Kier molecular flexibility index (Phi) is 4.33. The minimum absolute atomic E-state index is 0.0835. The summed E-state index contributed by atoms with van der Waals surface area (Å²) in [5.74, 6) is -0.267. The molecule has 2 heterocycles. The third-order valence-corrected chi connectivity index (χ3v) is 4.48. The zero-order valence-corrected chi connectivity index (χ0v) is 14.8. The van der Waals surface area contributed by atoms with Crippen molar-refractivity contribution in [3.63, 3.8) is 0 Å². The van der Waals surface area contributed by atoms with Crippen LogP contribution in [0.1, 0.15) is 15.9 Å². The normalized spacial score (nSPS) is 13.1. The molecule has 2 N–H and O–H groups in total. The van der Waals surface area contributed by atoms with Crippen molar-refractivity contribution in [3.8, 4) is 5.69 Å². The van der Waals surface area contributed by atoms with Gasteiger partial charge in [0.25, 0.3) is 5.91 Å². The van der Waals surface area contributed by atoms with E-state index in [0.29, 0.717) is 24.3 Å². The number of carbonyl (C=O) groups is 2. The van der Waals surface area contributed by atoms with E-state index in [2.05, 4.69) is 15.7 Å². The first-order chi connectivity index (χ1) is 13.1. The van der Waals surface area contributed by atoms with Crippen LogP contribution >= 0.6 is 0 Å². The highest BCUT2D eigenvalue weighted by Crippen LogP contribution is 2.29. The summed E-state index contributed by atoms with van der Waals surface area (Å²) in [5, 5.41) is 9.91. The molecule has 0 fully saturated rings. The van der Waals surface area contributed by atoms with Gasteiger partial charge in [-0.25, -0.2) is 4.68 Å². The van der Waals surface area contributed by atoms with Crippen LogP contribution in [0.4, 0.5) is 11.4 Å². The van der Waals surface area contributed by atoms with Gasteiger partial charge in [-0.2, -0.15) is 5.10 Å². The van der Waals surface area contributed by atoms with Gasteiger partial charge in [-0.05, 0) is 42.0 Å². The van der Waals surface area contributed by atoms with Crippen LogP contribution in [0.15, 0.2) is 60.9 Å². The number of rotatable bonds is 4. The van der Waals surface area contributed by atoms with Gasteiger partial charge in [-0.1, -0.05) is 12.1 Å². The minimum Gasteiger partial charge on any atom is -0.364 e. The van der Waals surface area contributed by atoms with Gasteiger partial charge < -0.3 is 15.5 Å². The number of aromatic nitrogens is 2. The van der Waals surface area contributed by atoms with Gasteiger partial charge in [0.05, 0.1) is 23.6 Å². The van der Waals surface area contributed by atoms with Gasteiger partial charge >= 0.3 is 0 Å². The molecule has 2 amide bonds. The quantitative estimate of drug-likeness (QED) is 0.747. The fraction of sp³-hybridized carbons (Fsp3) is 0.150. The summed E-state index contributed by atoms with van der Waals surface area (Å²) in [6.07, 6.45) is 3.61. The number of anilines is 2. The van der Waals surface area contributed by atoms with E-state index in [0.717, 1.165) is 16.9 Å². The second kappa shape index (κ2) is 6.95. The van der Waals surface area contributed by atoms with Crippen LogP contribution in [0.2, 0.25) is 0 Å². The number of benzene rings is 2. The van der Waals surface area contributed by atoms with E-state index < -0.39 is 0 Å². The van der Waals surface area contributed by atoms with Gasteiger partial charge in [0, 0.05) is 31.5 Å². The molecule has 0 unspecified atom stereocenters. The predicted molar refractivity (Wildman–Crippen MR) is 103 cm³/mol. The molecule has 7 heteroatoms. The number of nitrogens with one attached hydrogen (secondary N) is 2. The largest absolute Gasteiger partial charge is 0.364 e. The molecule has 7 nitrogen and oxygen atoms in total. The van der Waals surface area contributed by atoms with Crippen molar-refractivity contribution < 1.29 is 9.59 Å². The van der Waals surface area contributed by atoms with Gasteiger partial charge in [0.2, 0.25) is 5.91 Å². The number of hydrogen-bond acceptors (Lipinski definition) is 4. The van der Waals surface area contributed by atoms with Crippen molar-refractivity contribution in [1.82, 2.24) is 15.1 Å². The lowest BCUT2D eigenvalue weighted by Gasteiger charge is -2.27. The monoisotopic (exact) mass is 361 g/mol. The first-order valence-electron chi connectivity index (χ1n) is 8.62. The van der Waals surface area contributed by atoms with E-state index in [4.69, 9.17) is 0 Å². The smallest absolute Gasteiger partial charge is 0.251 e. The Morgan fingerprint density at radius 3 is 2.78 bits per heavy atom. The number of amides is 2.